The molecule has 0 radical (unpaired) electrons. The molecule has 0 bridgehead atoms. The number of alkyl carbamates (subject to hydrolysis) is 1. The molecule has 1 aromatic carbocycles. The van der Waals surface area contributed by atoms with Crippen LogP contribution in [0, 0.1) is 5.41 Å². The highest BCUT2D eigenvalue weighted by atomic mass is 16.6. The summed E-state index contributed by atoms with van der Waals surface area (Å²) >= 11 is 0. The number of carbonyl (C=O) groups is 3. The standard InChI is InChI=1S/C20H27NO6/c1-4-20(2,3)18(23)26-13-12-21-19(24)27-15-14-25-17(22)11-10-16-8-6-5-7-9-16/h5-11H,4,12-15H2,1-3H3,(H,21,24)/b11-10+. The van der Waals surface area contributed by atoms with Gasteiger partial charge in [-0.15, -0.1) is 0 Å². The van der Waals surface area contributed by atoms with Crippen molar-refractivity contribution in [2.24, 2.45) is 5.41 Å². The number of carbonyl (C=O) groups excluding carboxylic acids is 3. The van der Waals surface area contributed by atoms with Crippen molar-refractivity contribution < 1.29 is 28.6 Å². The van der Waals surface area contributed by atoms with Crippen LogP contribution < -0.4 is 5.32 Å². The van der Waals surface area contributed by atoms with E-state index in [1.54, 1.807) is 19.9 Å². The van der Waals surface area contributed by atoms with Crippen LogP contribution in [0.15, 0.2) is 36.4 Å². The maximum atomic E-state index is 11.7. The number of nitrogens with one attached hydrogen (secondary N) is 1. The van der Waals surface area contributed by atoms with Crippen LogP contribution in [0.25, 0.3) is 6.08 Å². The lowest BCUT2D eigenvalue weighted by atomic mass is 9.91. The van der Waals surface area contributed by atoms with Gasteiger partial charge in [-0.25, -0.2) is 9.59 Å². The van der Waals surface area contributed by atoms with E-state index in [1.807, 2.05) is 37.3 Å². The number of esters is 2. The second kappa shape index (κ2) is 11.7. The van der Waals surface area contributed by atoms with Crippen LogP contribution in [0.3, 0.4) is 0 Å². The summed E-state index contributed by atoms with van der Waals surface area (Å²) in [4.78, 5) is 34.7. The number of benzene rings is 1. The van der Waals surface area contributed by atoms with Crippen molar-refractivity contribution in [3.05, 3.63) is 42.0 Å². The van der Waals surface area contributed by atoms with Crippen molar-refractivity contribution in [1.29, 1.82) is 0 Å². The third-order valence-corrected chi connectivity index (χ3v) is 3.81. The number of amides is 1. The average molecular weight is 377 g/mol. The van der Waals surface area contributed by atoms with Crippen LogP contribution in [-0.2, 0) is 23.8 Å². The van der Waals surface area contributed by atoms with Crippen molar-refractivity contribution in [3.63, 3.8) is 0 Å². The van der Waals surface area contributed by atoms with E-state index in [1.165, 1.54) is 6.08 Å². The number of rotatable bonds is 10. The molecule has 1 amide bonds. The first-order valence-electron chi connectivity index (χ1n) is 8.83. The first-order valence-corrected chi connectivity index (χ1v) is 8.83. The van der Waals surface area contributed by atoms with E-state index >= 15 is 0 Å². The molecule has 0 spiro atoms. The second-order valence-electron chi connectivity index (χ2n) is 6.35. The van der Waals surface area contributed by atoms with Crippen LogP contribution in [0.1, 0.15) is 32.8 Å². The topological polar surface area (TPSA) is 90.9 Å². The molecule has 1 N–H and O–H groups in total. The Labute approximate surface area is 159 Å². The second-order valence-corrected chi connectivity index (χ2v) is 6.35. The highest BCUT2D eigenvalue weighted by Crippen LogP contribution is 2.21. The van der Waals surface area contributed by atoms with Crippen LogP contribution >= 0.6 is 0 Å². The summed E-state index contributed by atoms with van der Waals surface area (Å²) in [6, 6.07) is 9.33. The molecule has 0 atom stereocenters. The highest BCUT2D eigenvalue weighted by Gasteiger charge is 2.26. The van der Waals surface area contributed by atoms with Gasteiger partial charge in [-0.3, -0.25) is 4.79 Å². The van der Waals surface area contributed by atoms with Crippen molar-refractivity contribution in [3.8, 4) is 0 Å². The zero-order chi connectivity index (χ0) is 20.1. The molecule has 0 unspecified atom stereocenters. The third kappa shape index (κ3) is 9.44. The van der Waals surface area contributed by atoms with Gasteiger partial charge in [0.2, 0.25) is 0 Å². The summed E-state index contributed by atoms with van der Waals surface area (Å²) in [5, 5.41) is 2.45. The number of hydrogen-bond donors (Lipinski definition) is 1. The largest absolute Gasteiger partial charge is 0.463 e. The van der Waals surface area contributed by atoms with Gasteiger partial charge in [0, 0.05) is 6.08 Å². The molecule has 7 nitrogen and oxygen atoms in total. The zero-order valence-corrected chi connectivity index (χ0v) is 16.0. The molecule has 0 aliphatic heterocycles. The Kier molecular flexibility index (Phi) is 9.64. The predicted molar refractivity (Wildman–Crippen MR) is 101 cm³/mol. The van der Waals surface area contributed by atoms with Crippen molar-refractivity contribution in [2.45, 2.75) is 27.2 Å². The summed E-state index contributed by atoms with van der Waals surface area (Å²) in [6.07, 6.45) is 2.94. The fourth-order valence-electron chi connectivity index (χ4n) is 1.74. The smallest absolute Gasteiger partial charge is 0.407 e. The van der Waals surface area contributed by atoms with E-state index in [-0.39, 0.29) is 32.3 Å². The third-order valence-electron chi connectivity index (χ3n) is 3.81. The Bertz CT molecular complexity index is 639. The lowest BCUT2D eigenvalue weighted by molar-refractivity contribution is -0.153. The molecule has 0 heterocycles. The maximum Gasteiger partial charge on any atom is 0.407 e. The van der Waals surface area contributed by atoms with Gasteiger partial charge in [-0.2, -0.15) is 0 Å². The SMILES string of the molecule is CCC(C)(C)C(=O)OCCNC(=O)OCCOC(=O)/C=C/c1ccccc1. The van der Waals surface area contributed by atoms with Crippen LogP contribution in [0.4, 0.5) is 4.79 Å². The Morgan fingerprint density at radius 1 is 1.00 bits per heavy atom. The first kappa shape index (κ1) is 22.2. The molecule has 0 saturated heterocycles. The van der Waals surface area contributed by atoms with Crippen LogP contribution in [-0.4, -0.2) is 44.4 Å². The average Bonchev–Trinajstić information content (AvgIpc) is 2.67. The van der Waals surface area contributed by atoms with Gasteiger partial charge in [-0.05, 0) is 31.9 Å². The number of ether oxygens (including phenoxy) is 3. The normalized spacial score (nSPS) is 11.1. The van der Waals surface area contributed by atoms with E-state index in [0.717, 1.165) is 5.56 Å². The predicted octanol–water partition coefficient (Wildman–Crippen LogP) is 2.95. The molecule has 0 fully saturated rings. The molecular weight excluding hydrogens is 350 g/mol. The van der Waals surface area contributed by atoms with E-state index in [2.05, 4.69) is 5.32 Å². The van der Waals surface area contributed by atoms with E-state index < -0.39 is 17.5 Å². The Hall–Kier alpha value is -2.83. The molecule has 0 aliphatic rings. The summed E-state index contributed by atoms with van der Waals surface area (Å²) in [5.41, 5.74) is 0.340. The Morgan fingerprint density at radius 3 is 2.33 bits per heavy atom. The highest BCUT2D eigenvalue weighted by molar-refractivity contribution is 5.87. The lowest BCUT2D eigenvalue weighted by Gasteiger charge is -2.20. The maximum absolute atomic E-state index is 11.7. The van der Waals surface area contributed by atoms with E-state index in [9.17, 15) is 14.4 Å². The van der Waals surface area contributed by atoms with Gasteiger partial charge in [0.25, 0.3) is 0 Å². The molecule has 1 aromatic rings. The zero-order valence-electron chi connectivity index (χ0n) is 16.0. The van der Waals surface area contributed by atoms with Crippen LogP contribution in [0.2, 0.25) is 0 Å². The number of hydrogen-bond acceptors (Lipinski definition) is 6. The molecule has 0 saturated carbocycles. The minimum Gasteiger partial charge on any atom is -0.463 e. The van der Waals surface area contributed by atoms with Gasteiger partial charge >= 0.3 is 18.0 Å². The minimum atomic E-state index is -0.670. The summed E-state index contributed by atoms with van der Waals surface area (Å²) < 4.78 is 14.9. The van der Waals surface area contributed by atoms with Gasteiger partial charge in [-0.1, -0.05) is 37.3 Å². The van der Waals surface area contributed by atoms with Gasteiger partial charge in [0.15, 0.2) is 0 Å². The molecule has 7 heteroatoms. The van der Waals surface area contributed by atoms with Crippen molar-refractivity contribution in [2.75, 3.05) is 26.4 Å². The Balaban J connectivity index is 2.09. The summed E-state index contributed by atoms with van der Waals surface area (Å²) in [5.74, 6) is -0.830. The molecule has 0 aromatic heterocycles. The monoisotopic (exact) mass is 377 g/mol. The van der Waals surface area contributed by atoms with Crippen LogP contribution in [0.5, 0.6) is 0 Å². The fraction of sp³-hybridized carbons (Fsp3) is 0.450. The minimum absolute atomic E-state index is 0.0505. The van der Waals surface area contributed by atoms with E-state index in [4.69, 9.17) is 14.2 Å². The van der Waals surface area contributed by atoms with Gasteiger partial charge < -0.3 is 19.5 Å². The van der Waals surface area contributed by atoms with E-state index in [0.29, 0.717) is 6.42 Å². The fourth-order valence-corrected chi connectivity index (χ4v) is 1.74. The summed E-state index contributed by atoms with van der Waals surface area (Å²) in [7, 11) is 0. The quantitative estimate of drug-likeness (QED) is 0.292. The lowest BCUT2D eigenvalue weighted by Crippen LogP contribution is -2.32. The van der Waals surface area contributed by atoms with Crippen molar-refractivity contribution in [1.82, 2.24) is 5.32 Å². The molecular formula is C20H27NO6. The van der Waals surface area contributed by atoms with Gasteiger partial charge in [0.05, 0.1) is 12.0 Å². The molecule has 27 heavy (non-hydrogen) atoms. The first-order chi connectivity index (χ1) is 12.8. The van der Waals surface area contributed by atoms with Crippen molar-refractivity contribution >= 4 is 24.1 Å². The molecule has 1 rings (SSSR count). The molecule has 0 aliphatic carbocycles. The van der Waals surface area contributed by atoms with Gasteiger partial charge in [0.1, 0.15) is 19.8 Å². The summed E-state index contributed by atoms with van der Waals surface area (Å²) in [6.45, 7) is 5.59. The Morgan fingerprint density at radius 2 is 1.67 bits per heavy atom. The molecule has 148 valence electrons.